The average Bonchev–Trinajstić information content (AvgIpc) is 2.70. The molecule has 2 amide bonds. The second kappa shape index (κ2) is 9.74. The number of hydrogen-bond donors (Lipinski definition) is 5. The Hall–Kier alpha value is -3.85. The maximum atomic E-state index is 12.2. The standard InChI is InChI=1S/C20H18N4O4/c1-13(25)18(20(27)24-28)23-19(26)16-9-6-14(7-10-16)4-2-3-5-15-8-11-17(21)22-12-15/h6-13,18,25,28H,1H3,(H2,21,22)(H,23,26)(H,24,27). The second-order valence-corrected chi connectivity index (χ2v) is 5.72. The topological polar surface area (TPSA) is 138 Å². The SMILES string of the molecule is CC(O)C(NC(=O)c1ccc(C#CC#Cc2ccc(N)nc2)cc1)C(=O)NO. The second-order valence-electron chi connectivity index (χ2n) is 5.72. The van der Waals surface area contributed by atoms with Crippen molar-refractivity contribution in [2.75, 3.05) is 5.73 Å². The fourth-order valence-electron chi connectivity index (χ4n) is 2.09. The zero-order valence-corrected chi connectivity index (χ0v) is 14.9. The van der Waals surface area contributed by atoms with Crippen LogP contribution >= 0.6 is 0 Å². The number of benzene rings is 1. The molecule has 1 aromatic carbocycles. The van der Waals surface area contributed by atoms with E-state index in [1.54, 1.807) is 30.5 Å². The number of hydrogen-bond acceptors (Lipinski definition) is 6. The van der Waals surface area contributed by atoms with E-state index in [9.17, 15) is 14.7 Å². The third-order valence-electron chi connectivity index (χ3n) is 3.57. The van der Waals surface area contributed by atoms with Gasteiger partial charge in [-0.2, -0.15) is 0 Å². The highest BCUT2D eigenvalue weighted by Gasteiger charge is 2.25. The molecule has 1 heterocycles. The molecule has 1 aromatic heterocycles. The third kappa shape index (κ3) is 5.85. The molecule has 0 aliphatic heterocycles. The van der Waals surface area contributed by atoms with Gasteiger partial charge in [-0.05, 0) is 55.2 Å². The number of hydroxylamine groups is 1. The van der Waals surface area contributed by atoms with Gasteiger partial charge in [0, 0.05) is 22.9 Å². The smallest absolute Gasteiger partial charge is 0.268 e. The van der Waals surface area contributed by atoms with E-state index in [0.29, 0.717) is 16.9 Å². The highest BCUT2D eigenvalue weighted by Crippen LogP contribution is 2.05. The number of aliphatic hydroxyl groups is 1. The van der Waals surface area contributed by atoms with Crippen molar-refractivity contribution in [2.45, 2.75) is 19.1 Å². The van der Waals surface area contributed by atoms with Gasteiger partial charge in [-0.15, -0.1) is 0 Å². The molecular formula is C20H18N4O4. The van der Waals surface area contributed by atoms with Crippen LogP contribution in [-0.2, 0) is 4.79 Å². The van der Waals surface area contributed by atoms with Crippen LogP contribution < -0.4 is 16.5 Å². The number of anilines is 1. The molecule has 0 aliphatic rings. The monoisotopic (exact) mass is 378 g/mol. The number of carbonyl (C=O) groups is 2. The Labute approximate surface area is 161 Å². The van der Waals surface area contributed by atoms with E-state index < -0.39 is 24.0 Å². The zero-order valence-electron chi connectivity index (χ0n) is 14.9. The summed E-state index contributed by atoms with van der Waals surface area (Å²) in [5.41, 5.74) is 8.49. The summed E-state index contributed by atoms with van der Waals surface area (Å²) in [5, 5.41) is 20.5. The Bertz CT molecular complexity index is 962. The summed E-state index contributed by atoms with van der Waals surface area (Å²) in [6.45, 7) is 1.32. The van der Waals surface area contributed by atoms with Gasteiger partial charge in [0.05, 0.1) is 6.10 Å². The summed E-state index contributed by atoms with van der Waals surface area (Å²) < 4.78 is 0. The lowest BCUT2D eigenvalue weighted by Crippen LogP contribution is -2.51. The molecule has 0 saturated heterocycles. The predicted octanol–water partition coefficient (Wildman–Crippen LogP) is 0.0516. The van der Waals surface area contributed by atoms with E-state index in [1.165, 1.54) is 24.5 Å². The van der Waals surface area contributed by atoms with Gasteiger partial charge in [0.15, 0.2) is 0 Å². The number of aromatic nitrogens is 1. The van der Waals surface area contributed by atoms with Crippen LogP contribution in [-0.4, -0.2) is 39.3 Å². The van der Waals surface area contributed by atoms with Gasteiger partial charge in [-0.3, -0.25) is 14.8 Å². The lowest BCUT2D eigenvalue weighted by molar-refractivity contribution is -0.133. The van der Waals surface area contributed by atoms with Crippen LogP contribution in [0.5, 0.6) is 0 Å². The maximum Gasteiger partial charge on any atom is 0.268 e. The minimum absolute atomic E-state index is 0.265. The highest BCUT2D eigenvalue weighted by atomic mass is 16.5. The van der Waals surface area contributed by atoms with Gasteiger partial charge in [0.1, 0.15) is 11.9 Å². The number of nitrogens with zero attached hydrogens (tertiary/aromatic N) is 1. The molecule has 28 heavy (non-hydrogen) atoms. The Balaban J connectivity index is 2.03. The molecule has 2 aromatic rings. The van der Waals surface area contributed by atoms with Gasteiger partial charge >= 0.3 is 0 Å². The van der Waals surface area contributed by atoms with E-state index in [1.807, 2.05) is 0 Å². The molecule has 0 saturated carbocycles. The summed E-state index contributed by atoms with van der Waals surface area (Å²) in [4.78, 5) is 27.6. The van der Waals surface area contributed by atoms with E-state index in [2.05, 4.69) is 34.0 Å². The van der Waals surface area contributed by atoms with Crippen molar-refractivity contribution in [3.63, 3.8) is 0 Å². The molecular weight excluding hydrogens is 360 g/mol. The van der Waals surface area contributed by atoms with Crippen LogP contribution in [0.1, 0.15) is 28.4 Å². The molecule has 2 unspecified atom stereocenters. The van der Waals surface area contributed by atoms with E-state index in [4.69, 9.17) is 10.9 Å². The number of amides is 2. The number of nitrogens with one attached hydrogen (secondary N) is 2. The van der Waals surface area contributed by atoms with Gasteiger partial charge in [0.25, 0.3) is 11.8 Å². The number of rotatable bonds is 4. The third-order valence-corrected chi connectivity index (χ3v) is 3.57. The quantitative estimate of drug-likeness (QED) is 0.290. The molecule has 0 radical (unpaired) electrons. The predicted molar refractivity (Wildman–Crippen MR) is 102 cm³/mol. The number of carbonyl (C=O) groups excluding carboxylic acids is 2. The molecule has 2 rings (SSSR count). The van der Waals surface area contributed by atoms with Crippen LogP contribution in [0.2, 0.25) is 0 Å². The first kappa shape index (κ1) is 20.5. The number of pyridine rings is 1. The van der Waals surface area contributed by atoms with Crippen molar-refractivity contribution in [2.24, 2.45) is 0 Å². The van der Waals surface area contributed by atoms with Crippen molar-refractivity contribution >= 4 is 17.6 Å². The average molecular weight is 378 g/mol. The van der Waals surface area contributed by atoms with Crippen molar-refractivity contribution in [3.8, 4) is 23.7 Å². The molecule has 0 aliphatic carbocycles. The number of nitrogens with two attached hydrogens (primary N) is 1. The van der Waals surface area contributed by atoms with Crippen LogP contribution in [0.3, 0.4) is 0 Å². The molecule has 2 atom stereocenters. The van der Waals surface area contributed by atoms with Crippen molar-refractivity contribution in [1.82, 2.24) is 15.8 Å². The van der Waals surface area contributed by atoms with Crippen molar-refractivity contribution < 1.29 is 19.9 Å². The molecule has 142 valence electrons. The zero-order chi connectivity index (χ0) is 20.5. The number of aliphatic hydroxyl groups excluding tert-OH is 1. The van der Waals surface area contributed by atoms with Crippen LogP contribution in [0.4, 0.5) is 5.82 Å². The highest BCUT2D eigenvalue weighted by molar-refractivity contribution is 5.97. The fraction of sp³-hybridized carbons (Fsp3) is 0.150. The first-order valence-corrected chi connectivity index (χ1v) is 8.17. The van der Waals surface area contributed by atoms with Crippen LogP contribution in [0.15, 0.2) is 42.6 Å². The molecule has 0 bridgehead atoms. The number of nitrogen functional groups attached to an aromatic ring is 1. The van der Waals surface area contributed by atoms with Crippen LogP contribution in [0.25, 0.3) is 0 Å². The van der Waals surface area contributed by atoms with Gasteiger partial charge in [-0.25, -0.2) is 10.5 Å². The summed E-state index contributed by atoms with van der Waals surface area (Å²) >= 11 is 0. The van der Waals surface area contributed by atoms with Crippen LogP contribution in [0, 0.1) is 23.7 Å². The van der Waals surface area contributed by atoms with E-state index in [0.717, 1.165) is 0 Å². The minimum Gasteiger partial charge on any atom is -0.391 e. The molecule has 0 fully saturated rings. The minimum atomic E-state index is -1.28. The summed E-state index contributed by atoms with van der Waals surface area (Å²) in [7, 11) is 0. The van der Waals surface area contributed by atoms with Gasteiger partial charge < -0.3 is 16.2 Å². The Morgan fingerprint density at radius 1 is 1.07 bits per heavy atom. The van der Waals surface area contributed by atoms with Gasteiger partial charge in [-0.1, -0.05) is 11.8 Å². The van der Waals surface area contributed by atoms with Gasteiger partial charge in [0.2, 0.25) is 0 Å². The van der Waals surface area contributed by atoms with Crippen molar-refractivity contribution in [1.29, 1.82) is 0 Å². The van der Waals surface area contributed by atoms with E-state index in [-0.39, 0.29) is 5.56 Å². The fourth-order valence-corrected chi connectivity index (χ4v) is 2.09. The molecule has 6 N–H and O–H groups in total. The lowest BCUT2D eigenvalue weighted by atomic mass is 10.1. The maximum absolute atomic E-state index is 12.2. The first-order chi connectivity index (χ1) is 13.4. The Kier molecular flexibility index (Phi) is 7.12. The van der Waals surface area contributed by atoms with Crippen molar-refractivity contribution in [3.05, 3.63) is 59.3 Å². The summed E-state index contributed by atoms with van der Waals surface area (Å²) in [6.07, 6.45) is 0.366. The molecule has 8 nitrogen and oxygen atoms in total. The summed E-state index contributed by atoms with van der Waals surface area (Å²) in [5.74, 6) is 9.99. The summed E-state index contributed by atoms with van der Waals surface area (Å²) in [6, 6.07) is 8.39. The first-order valence-electron chi connectivity index (χ1n) is 8.17. The lowest BCUT2D eigenvalue weighted by Gasteiger charge is -2.19. The largest absolute Gasteiger partial charge is 0.391 e. The Morgan fingerprint density at radius 3 is 2.21 bits per heavy atom. The Morgan fingerprint density at radius 2 is 1.68 bits per heavy atom. The molecule has 0 spiro atoms. The normalized spacial score (nSPS) is 11.7. The molecule has 8 heteroatoms. The van der Waals surface area contributed by atoms with E-state index >= 15 is 0 Å².